The van der Waals surface area contributed by atoms with Crippen LogP contribution in [-0.2, 0) is 5.88 Å². The Kier molecular flexibility index (Phi) is 3.29. The topological polar surface area (TPSA) is 35.0 Å². The minimum Gasteiger partial charge on any atom is -0.453 e. The second-order valence-electron chi connectivity index (χ2n) is 4.05. The number of para-hydroxylation sites is 1. The summed E-state index contributed by atoms with van der Waals surface area (Å²) in [5, 5.41) is 1.04. The van der Waals surface area contributed by atoms with Gasteiger partial charge >= 0.3 is 0 Å². The molecule has 3 nitrogen and oxygen atoms in total. The SMILES string of the molecule is ClCc1ccncc1Oc1cccc2cccnc12. The van der Waals surface area contributed by atoms with Gasteiger partial charge in [0.05, 0.1) is 12.1 Å². The maximum Gasteiger partial charge on any atom is 0.153 e. The van der Waals surface area contributed by atoms with Crippen molar-refractivity contribution >= 4 is 22.5 Å². The molecule has 0 aliphatic carbocycles. The first-order chi connectivity index (χ1) is 9.38. The molecule has 0 saturated carbocycles. The van der Waals surface area contributed by atoms with Gasteiger partial charge in [0.25, 0.3) is 0 Å². The lowest BCUT2D eigenvalue weighted by molar-refractivity contribution is 0.480. The van der Waals surface area contributed by atoms with E-state index in [0.29, 0.717) is 17.4 Å². The Morgan fingerprint density at radius 1 is 1.00 bits per heavy atom. The van der Waals surface area contributed by atoms with Gasteiger partial charge in [0.15, 0.2) is 5.75 Å². The monoisotopic (exact) mass is 270 g/mol. The molecule has 0 aliphatic rings. The Morgan fingerprint density at radius 3 is 2.79 bits per heavy atom. The zero-order chi connectivity index (χ0) is 13.1. The smallest absolute Gasteiger partial charge is 0.153 e. The Hall–Kier alpha value is -2.13. The fourth-order valence-electron chi connectivity index (χ4n) is 1.89. The van der Waals surface area contributed by atoms with Gasteiger partial charge in [-0.3, -0.25) is 9.97 Å². The minimum absolute atomic E-state index is 0.385. The van der Waals surface area contributed by atoms with Gasteiger partial charge in [-0.05, 0) is 18.2 Å². The molecule has 3 rings (SSSR count). The lowest BCUT2D eigenvalue weighted by Gasteiger charge is -2.10. The van der Waals surface area contributed by atoms with Crippen LogP contribution in [0, 0.1) is 0 Å². The van der Waals surface area contributed by atoms with E-state index in [4.69, 9.17) is 16.3 Å². The van der Waals surface area contributed by atoms with Crippen LogP contribution in [-0.4, -0.2) is 9.97 Å². The molecule has 0 fully saturated rings. The van der Waals surface area contributed by atoms with Gasteiger partial charge in [0.1, 0.15) is 11.3 Å². The van der Waals surface area contributed by atoms with Crippen LogP contribution >= 0.6 is 11.6 Å². The first kappa shape index (κ1) is 11.9. The minimum atomic E-state index is 0.385. The van der Waals surface area contributed by atoms with Crippen molar-refractivity contribution in [2.75, 3.05) is 0 Å². The molecular weight excluding hydrogens is 260 g/mol. The van der Waals surface area contributed by atoms with Crippen LogP contribution in [0.5, 0.6) is 11.5 Å². The molecule has 0 saturated heterocycles. The van der Waals surface area contributed by atoms with E-state index in [9.17, 15) is 0 Å². The number of pyridine rings is 2. The zero-order valence-corrected chi connectivity index (χ0v) is 10.8. The van der Waals surface area contributed by atoms with Crippen LogP contribution in [0.25, 0.3) is 10.9 Å². The number of alkyl halides is 1. The van der Waals surface area contributed by atoms with Crippen molar-refractivity contribution in [2.45, 2.75) is 5.88 Å². The molecule has 2 heterocycles. The molecule has 1 aromatic carbocycles. The van der Waals surface area contributed by atoms with E-state index in [-0.39, 0.29) is 0 Å². The van der Waals surface area contributed by atoms with Crippen LogP contribution in [0.2, 0.25) is 0 Å². The highest BCUT2D eigenvalue weighted by molar-refractivity contribution is 6.17. The van der Waals surface area contributed by atoms with Gasteiger partial charge in [-0.15, -0.1) is 11.6 Å². The molecule has 2 aromatic heterocycles. The van der Waals surface area contributed by atoms with E-state index in [2.05, 4.69) is 9.97 Å². The van der Waals surface area contributed by atoms with Crippen molar-refractivity contribution in [1.29, 1.82) is 0 Å². The summed E-state index contributed by atoms with van der Waals surface area (Å²) in [6.07, 6.45) is 5.12. The van der Waals surface area contributed by atoms with Crippen molar-refractivity contribution in [3.05, 3.63) is 60.6 Å². The van der Waals surface area contributed by atoms with Gasteiger partial charge in [-0.25, -0.2) is 0 Å². The van der Waals surface area contributed by atoms with Gasteiger partial charge in [-0.1, -0.05) is 18.2 Å². The summed E-state index contributed by atoms with van der Waals surface area (Å²) >= 11 is 5.89. The third-order valence-corrected chi connectivity index (χ3v) is 3.12. The van der Waals surface area contributed by atoms with Crippen LogP contribution in [0.3, 0.4) is 0 Å². The highest BCUT2D eigenvalue weighted by atomic mass is 35.5. The fraction of sp³-hybridized carbons (Fsp3) is 0.0667. The first-order valence-electron chi connectivity index (χ1n) is 5.89. The van der Waals surface area contributed by atoms with Crippen molar-refractivity contribution < 1.29 is 4.74 Å². The van der Waals surface area contributed by atoms with Gasteiger partial charge in [0.2, 0.25) is 0 Å². The first-order valence-corrected chi connectivity index (χ1v) is 6.42. The molecule has 0 spiro atoms. The Labute approximate surface area is 115 Å². The molecule has 0 atom stereocenters. The Balaban J connectivity index is 2.06. The molecule has 0 aliphatic heterocycles. The summed E-state index contributed by atoms with van der Waals surface area (Å²) in [7, 11) is 0. The van der Waals surface area contributed by atoms with E-state index < -0.39 is 0 Å². The fourth-order valence-corrected chi connectivity index (χ4v) is 2.11. The number of ether oxygens (including phenoxy) is 1. The maximum atomic E-state index is 5.90. The predicted octanol–water partition coefficient (Wildman–Crippen LogP) is 4.16. The van der Waals surface area contributed by atoms with E-state index in [1.54, 1.807) is 18.6 Å². The quantitative estimate of drug-likeness (QED) is 0.670. The molecular formula is C15H11ClN2O. The number of hydrogen-bond acceptors (Lipinski definition) is 3. The molecule has 3 aromatic rings. The molecule has 0 bridgehead atoms. The van der Waals surface area contributed by atoms with Crippen LogP contribution in [0.1, 0.15) is 5.56 Å². The number of benzene rings is 1. The molecule has 0 amide bonds. The lowest BCUT2D eigenvalue weighted by Crippen LogP contribution is -1.92. The van der Waals surface area contributed by atoms with E-state index in [1.807, 2.05) is 36.4 Å². The average molecular weight is 271 g/mol. The third-order valence-electron chi connectivity index (χ3n) is 2.83. The van der Waals surface area contributed by atoms with Gasteiger partial charge < -0.3 is 4.74 Å². The molecule has 0 unspecified atom stereocenters. The summed E-state index contributed by atoms with van der Waals surface area (Å²) in [6.45, 7) is 0. The summed E-state index contributed by atoms with van der Waals surface area (Å²) in [5.41, 5.74) is 1.74. The molecule has 19 heavy (non-hydrogen) atoms. The average Bonchev–Trinajstić information content (AvgIpc) is 2.48. The number of aromatic nitrogens is 2. The highest BCUT2D eigenvalue weighted by Crippen LogP contribution is 2.30. The maximum absolute atomic E-state index is 5.90. The molecule has 94 valence electrons. The standard InChI is InChI=1S/C15H11ClN2O/c16-9-12-6-8-17-10-14(12)19-13-5-1-3-11-4-2-7-18-15(11)13/h1-8,10H,9H2. The normalized spacial score (nSPS) is 10.6. The van der Waals surface area contributed by atoms with Crippen molar-refractivity contribution in [3.8, 4) is 11.5 Å². The van der Waals surface area contributed by atoms with Crippen molar-refractivity contribution in [1.82, 2.24) is 9.97 Å². The lowest BCUT2D eigenvalue weighted by atomic mass is 10.2. The van der Waals surface area contributed by atoms with E-state index >= 15 is 0 Å². The molecule has 0 N–H and O–H groups in total. The van der Waals surface area contributed by atoms with Crippen LogP contribution in [0.15, 0.2) is 55.0 Å². The summed E-state index contributed by atoms with van der Waals surface area (Å²) in [4.78, 5) is 8.42. The molecule has 0 radical (unpaired) electrons. The number of fused-ring (bicyclic) bond motifs is 1. The van der Waals surface area contributed by atoms with Crippen molar-refractivity contribution in [2.24, 2.45) is 0 Å². The number of nitrogens with zero attached hydrogens (tertiary/aromatic N) is 2. The second kappa shape index (κ2) is 5.24. The van der Waals surface area contributed by atoms with Gasteiger partial charge in [-0.2, -0.15) is 0 Å². The van der Waals surface area contributed by atoms with E-state index in [0.717, 1.165) is 16.5 Å². The molecule has 4 heteroatoms. The van der Waals surface area contributed by atoms with Gasteiger partial charge in [0, 0.05) is 23.3 Å². The third kappa shape index (κ3) is 2.37. The number of hydrogen-bond donors (Lipinski definition) is 0. The highest BCUT2D eigenvalue weighted by Gasteiger charge is 2.07. The summed E-state index contributed by atoms with van der Waals surface area (Å²) < 4.78 is 5.90. The zero-order valence-electron chi connectivity index (χ0n) is 10.1. The van der Waals surface area contributed by atoms with E-state index in [1.165, 1.54) is 0 Å². The summed E-state index contributed by atoms with van der Waals surface area (Å²) in [5.74, 6) is 1.75. The van der Waals surface area contributed by atoms with Crippen molar-refractivity contribution in [3.63, 3.8) is 0 Å². The Bertz CT molecular complexity index is 710. The van der Waals surface area contributed by atoms with Crippen LogP contribution < -0.4 is 4.74 Å². The number of rotatable bonds is 3. The number of halogens is 1. The second-order valence-corrected chi connectivity index (χ2v) is 4.32. The predicted molar refractivity (Wildman–Crippen MR) is 75.6 cm³/mol. The van der Waals surface area contributed by atoms with Crippen LogP contribution in [0.4, 0.5) is 0 Å². The Morgan fingerprint density at radius 2 is 1.89 bits per heavy atom. The summed E-state index contributed by atoms with van der Waals surface area (Å²) in [6, 6.07) is 11.6. The largest absolute Gasteiger partial charge is 0.453 e.